The van der Waals surface area contributed by atoms with E-state index in [0.29, 0.717) is 11.3 Å². The van der Waals surface area contributed by atoms with Gasteiger partial charge in [-0.3, -0.25) is 4.79 Å². The molecule has 1 saturated carbocycles. The molecule has 1 aliphatic rings. The summed E-state index contributed by atoms with van der Waals surface area (Å²) < 4.78 is 34.6. The van der Waals surface area contributed by atoms with Crippen molar-refractivity contribution in [2.24, 2.45) is 5.92 Å². The Balaban J connectivity index is 1.85. The molecule has 0 spiro atoms. The second-order valence-electron chi connectivity index (χ2n) is 8.68. The summed E-state index contributed by atoms with van der Waals surface area (Å²) in [5.74, 6) is -1.28. The highest BCUT2D eigenvalue weighted by Gasteiger charge is 2.37. The fourth-order valence-electron chi connectivity index (χ4n) is 4.83. The lowest BCUT2D eigenvalue weighted by Gasteiger charge is -2.42. The summed E-state index contributed by atoms with van der Waals surface area (Å²) in [6.07, 6.45) is 2.85. The molecule has 34 heavy (non-hydrogen) atoms. The summed E-state index contributed by atoms with van der Waals surface area (Å²) in [5.41, 5.74) is 0.661. The van der Waals surface area contributed by atoms with Crippen molar-refractivity contribution in [2.75, 3.05) is 4.90 Å². The monoisotopic (exact) mass is 459 g/mol. The van der Waals surface area contributed by atoms with Crippen LogP contribution in [0.4, 0.5) is 20.4 Å². The van der Waals surface area contributed by atoms with E-state index in [0.717, 1.165) is 19.3 Å². The fraction of sp³-hybridized carbons (Fsp3) is 0.214. The number of hydrogen-bond donors (Lipinski definition) is 0. The van der Waals surface area contributed by atoms with Gasteiger partial charge < -0.3 is 9.32 Å². The molecule has 0 radical (unpaired) electrons. The van der Waals surface area contributed by atoms with Crippen molar-refractivity contribution in [1.29, 1.82) is 0 Å². The number of carbonyl (C=O) groups is 1. The molecular weight excluding hydrogens is 436 g/mol. The zero-order chi connectivity index (χ0) is 23.8. The number of fused-ring (bicyclic) bond motifs is 1. The largest absolute Gasteiger partial charge is 0.405 e. The number of Topliss-reactive ketones (excluding diaryl/α,β-unsaturated/α-hetero) is 1. The zero-order valence-electron chi connectivity index (χ0n) is 18.6. The molecule has 0 bridgehead atoms. The summed E-state index contributed by atoms with van der Waals surface area (Å²) in [6, 6.07) is 19.4. The molecule has 6 heteroatoms. The van der Waals surface area contributed by atoms with Crippen LogP contribution >= 0.6 is 0 Å². The van der Waals surface area contributed by atoms with E-state index >= 15 is 0 Å². The molecular formula is C28H23F2NO3. The number of rotatable bonds is 6. The summed E-state index contributed by atoms with van der Waals surface area (Å²) >= 11 is 0. The van der Waals surface area contributed by atoms with Crippen molar-refractivity contribution >= 4 is 28.1 Å². The number of anilines is 2. The Kier molecular flexibility index (Phi) is 5.74. The van der Waals surface area contributed by atoms with Crippen molar-refractivity contribution in [3.8, 4) is 0 Å². The highest BCUT2D eigenvalue weighted by molar-refractivity contribution is 6.10. The molecule has 0 N–H and O–H groups in total. The van der Waals surface area contributed by atoms with Gasteiger partial charge >= 0.3 is 5.63 Å². The van der Waals surface area contributed by atoms with E-state index in [1.165, 1.54) is 31.2 Å². The standard InChI is InChI=1S/C28H23F2NO3/c1-17(32)24-22-14-7-15-23(30)25(22)28(33)34-27(24)31(21-12-3-2-4-13-21)26(18-8-5-9-18)19-10-6-11-20(29)16-19/h2-4,6-7,10-16,18,26H,5,8-9H2,1H3. The number of para-hydroxylation sites is 1. The number of ketones is 1. The predicted octanol–water partition coefficient (Wildman–Crippen LogP) is 6.95. The average molecular weight is 459 g/mol. The molecule has 5 rings (SSSR count). The van der Waals surface area contributed by atoms with Crippen LogP contribution in [-0.4, -0.2) is 5.78 Å². The van der Waals surface area contributed by atoms with E-state index in [4.69, 9.17) is 4.42 Å². The van der Waals surface area contributed by atoms with Crippen LogP contribution < -0.4 is 10.5 Å². The Labute approximate surface area is 195 Å². The van der Waals surface area contributed by atoms with Gasteiger partial charge in [0.25, 0.3) is 0 Å². The Morgan fingerprint density at radius 2 is 1.74 bits per heavy atom. The van der Waals surface area contributed by atoms with Crippen molar-refractivity contribution in [3.63, 3.8) is 0 Å². The van der Waals surface area contributed by atoms with Gasteiger partial charge in [-0.2, -0.15) is 0 Å². The predicted molar refractivity (Wildman–Crippen MR) is 128 cm³/mol. The molecule has 1 aliphatic carbocycles. The van der Waals surface area contributed by atoms with Crippen LogP contribution in [0.3, 0.4) is 0 Å². The van der Waals surface area contributed by atoms with Gasteiger partial charge in [-0.05, 0) is 61.6 Å². The second-order valence-corrected chi connectivity index (χ2v) is 8.68. The third kappa shape index (κ3) is 3.79. The van der Waals surface area contributed by atoms with Crippen LogP contribution in [0, 0.1) is 17.6 Å². The minimum Gasteiger partial charge on any atom is -0.405 e. The van der Waals surface area contributed by atoms with Crippen LogP contribution in [-0.2, 0) is 0 Å². The quantitative estimate of drug-likeness (QED) is 0.293. The maximum absolute atomic E-state index is 14.6. The van der Waals surface area contributed by atoms with Crippen molar-refractivity contribution < 1.29 is 18.0 Å². The molecule has 0 amide bonds. The fourth-order valence-corrected chi connectivity index (χ4v) is 4.83. The summed E-state index contributed by atoms with van der Waals surface area (Å²) in [6.45, 7) is 1.37. The average Bonchev–Trinajstić information content (AvgIpc) is 2.78. The minimum absolute atomic E-state index is 0.0444. The molecule has 4 nitrogen and oxygen atoms in total. The van der Waals surface area contributed by atoms with Crippen LogP contribution in [0.25, 0.3) is 10.8 Å². The Bertz CT molecular complexity index is 1430. The van der Waals surface area contributed by atoms with Crippen molar-refractivity contribution in [2.45, 2.75) is 32.2 Å². The lowest BCUT2D eigenvalue weighted by atomic mass is 9.76. The van der Waals surface area contributed by atoms with Gasteiger partial charge in [0.05, 0.1) is 11.6 Å². The maximum atomic E-state index is 14.6. The van der Waals surface area contributed by atoms with Gasteiger partial charge in [0.15, 0.2) is 5.78 Å². The molecule has 0 aliphatic heterocycles. The van der Waals surface area contributed by atoms with Gasteiger partial charge in [0.2, 0.25) is 5.88 Å². The van der Waals surface area contributed by atoms with Crippen LogP contribution in [0.15, 0.2) is 82.0 Å². The van der Waals surface area contributed by atoms with Crippen molar-refractivity contribution in [1.82, 2.24) is 0 Å². The number of nitrogens with zero attached hydrogens (tertiary/aromatic N) is 1. The number of halogens is 2. The second kappa shape index (κ2) is 8.86. The molecule has 3 aromatic carbocycles. The Morgan fingerprint density at radius 3 is 2.38 bits per heavy atom. The molecule has 4 aromatic rings. The first-order valence-corrected chi connectivity index (χ1v) is 11.3. The number of hydrogen-bond acceptors (Lipinski definition) is 4. The lowest BCUT2D eigenvalue weighted by Crippen LogP contribution is -2.35. The normalized spacial score (nSPS) is 14.6. The Morgan fingerprint density at radius 1 is 1.00 bits per heavy atom. The first-order chi connectivity index (χ1) is 16.5. The highest BCUT2D eigenvalue weighted by atomic mass is 19.1. The van der Waals surface area contributed by atoms with Crippen molar-refractivity contribution in [3.05, 3.63) is 106 Å². The SMILES string of the molecule is CC(=O)c1c(N(c2ccccc2)C(c2cccc(F)c2)C2CCC2)oc(=O)c2c(F)cccc12. The first kappa shape index (κ1) is 22.0. The zero-order valence-corrected chi connectivity index (χ0v) is 18.6. The summed E-state index contributed by atoms with van der Waals surface area (Å²) in [7, 11) is 0. The van der Waals surface area contributed by atoms with E-state index in [2.05, 4.69) is 0 Å². The number of benzene rings is 3. The first-order valence-electron chi connectivity index (χ1n) is 11.3. The molecule has 1 aromatic heterocycles. The lowest BCUT2D eigenvalue weighted by molar-refractivity contribution is 0.101. The third-order valence-corrected chi connectivity index (χ3v) is 6.56. The van der Waals surface area contributed by atoms with E-state index in [-0.39, 0.29) is 45.8 Å². The van der Waals surface area contributed by atoms with Gasteiger partial charge in [-0.25, -0.2) is 13.6 Å². The molecule has 1 heterocycles. The topological polar surface area (TPSA) is 50.5 Å². The van der Waals surface area contributed by atoms with Gasteiger partial charge in [0, 0.05) is 11.1 Å². The molecule has 0 saturated heterocycles. The van der Waals surface area contributed by atoms with E-state index < -0.39 is 11.4 Å². The molecule has 1 fully saturated rings. The Hall–Kier alpha value is -3.80. The van der Waals surface area contributed by atoms with Crippen LogP contribution in [0.1, 0.15) is 48.1 Å². The molecule has 1 unspecified atom stereocenters. The summed E-state index contributed by atoms with van der Waals surface area (Å²) in [4.78, 5) is 27.7. The van der Waals surface area contributed by atoms with Crippen LogP contribution in [0.2, 0.25) is 0 Å². The van der Waals surface area contributed by atoms with E-state index in [9.17, 15) is 18.4 Å². The van der Waals surface area contributed by atoms with E-state index in [1.54, 1.807) is 17.0 Å². The van der Waals surface area contributed by atoms with Gasteiger partial charge in [0.1, 0.15) is 17.0 Å². The number of carbonyl (C=O) groups excluding carboxylic acids is 1. The summed E-state index contributed by atoms with van der Waals surface area (Å²) in [5, 5.41) is -0.0540. The maximum Gasteiger partial charge on any atom is 0.348 e. The highest BCUT2D eigenvalue weighted by Crippen LogP contribution is 2.48. The van der Waals surface area contributed by atoms with Gasteiger partial charge in [-0.1, -0.05) is 48.9 Å². The molecule has 1 atom stereocenters. The van der Waals surface area contributed by atoms with E-state index in [1.807, 2.05) is 36.4 Å². The van der Waals surface area contributed by atoms with Gasteiger partial charge in [-0.15, -0.1) is 0 Å². The minimum atomic E-state index is -0.861. The third-order valence-electron chi connectivity index (χ3n) is 6.56. The smallest absolute Gasteiger partial charge is 0.348 e. The molecule has 172 valence electrons. The van der Waals surface area contributed by atoms with Crippen LogP contribution in [0.5, 0.6) is 0 Å².